The van der Waals surface area contributed by atoms with Crippen LogP contribution in [0.3, 0.4) is 0 Å². The number of ether oxygens (including phenoxy) is 13. The van der Waals surface area contributed by atoms with Crippen LogP contribution in [0.5, 0.6) is 0 Å². The second-order valence-electron chi connectivity index (χ2n) is 17.4. The maximum Gasteiger partial charge on any atom is 0.335 e. The number of aliphatic hydroxyl groups excluding tert-OH is 12. The maximum atomic E-state index is 12.5. The molecule has 0 aromatic heterocycles. The fourth-order valence-corrected chi connectivity index (χ4v) is 8.77. The molecule has 18 N–H and O–H groups in total. The highest BCUT2D eigenvalue weighted by atomic mass is 16.8. The monoisotopic (exact) mass is 1100 g/mol. The van der Waals surface area contributed by atoms with Gasteiger partial charge in [0.15, 0.2) is 74.4 Å². The highest BCUT2D eigenvalue weighted by Crippen LogP contribution is 2.37. The van der Waals surface area contributed by atoms with E-state index in [4.69, 9.17) is 61.6 Å². The summed E-state index contributed by atoms with van der Waals surface area (Å²) in [7, 11) is 1.94. The van der Waals surface area contributed by atoms with Gasteiger partial charge in [0, 0.05) is 14.2 Å². The molecule has 30 atom stereocenters. The molecule has 0 spiro atoms. The van der Waals surface area contributed by atoms with E-state index in [-0.39, 0.29) is 0 Å². The van der Waals surface area contributed by atoms with E-state index < -0.39 is 220 Å². The van der Waals surface area contributed by atoms with Gasteiger partial charge >= 0.3 is 35.8 Å². The summed E-state index contributed by atoms with van der Waals surface area (Å²) >= 11 is 0. The van der Waals surface area contributed by atoms with Crippen molar-refractivity contribution in [2.45, 2.75) is 184 Å². The number of carboxylic acid groups (broad SMARTS) is 6. The number of carbonyl (C=O) groups is 6. The molecule has 0 saturated carbocycles. The van der Waals surface area contributed by atoms with Gasteiger partial charge in [0.25, 0.3) is 0 Å². The van der Waals surface area contributed by atoms with E-state index in [0.717, 1.165) is 14.2 Å². The molecule has 6 saturated heterocycles. The molecule has 0 amide bonds. The van der Waals surface area contributed by atoms with Gasteiger partial charge in [-0.3, -0.25) is 0 Å². The Hall–Kier alpha value is -4.18. The summed E-state index contributed by atoms with van der Waals surface area (Å²) < 4.78 is 67.2. The summed E-state index contributed by atoms with van der Waals surface area (Å²) in [4.78, 5) is 73.5. The van der Waals surface area contributed by atoms with Gasteiger partial charge in [0.1, 0.15) is 110 Å². The van der Waals surface area contributed by atoms with Crippen molar-refractivity contribution in [2.24, 2.45) is 0 Å². The minimum atomic E-state index is -2.63. The Bertz CT molecular complexity index is 2030. The number of aliphatic carboxylic acids is 6. The van der Waals surface area contributed by atoms with Crippen molar-refractivity contribution in [2.75, 3.05) is 14.2 Å². The lowest BCUT2D eigenvalue weighted by molar-refractivity contribution is -0.386. The summed E-state index contributed by atoms with van der Waals surface area (Å²) in [5.41, 5.74) is 0. The van der Waals surface area contributed by atoms with E-state index >= 15 is 0 Å². The maximum absolute atomic E-state index is 12.5. The number of hydrogen-bond acceptors (Lipinski definition) is 31. The molecule has 0 aromatic carbocycles. The molecule has 6 rings (SSSR count). The normalized spacial score (nSPS) is 48.6. The molecular formula is C38H54O37. The first-order valence-corrected chi connectivity index (χ1v) is 21.9. The van der Waals surface area contributed by atoms with Crippen LogP contribution in [-0.2, 0) is 90.3 Å². The van der Waals surface area contributed by atoms with E-state index in [9.17, 15) is 121 Å². The fourth-order valence-electron chi connectivity index (χ4n) is 8.77. The van der Waals surface area contributed by atoms with Gasteiger partial charge in [-0.2, -0.15) is 0 Å². The molecule has 0 aromatic rings. The molecule has 37 heteroatoms. The third kappa shape index (κ3) is 12.0. The van der Waals surface area contributed by atoms with Crippen LogP contribution in [0.2, 0.25) is 0 Å². The average molecular weight is 1100 g/mol. The summed E-state index contributed by atoms with van der Waals surface area (Å²) in [5.74, 6) is -11.8. The Morgan fingerprint density at radius 3 is 0.587 bits per heavy atom. The van der Waals surface area contributed by atoms with Crippen molar-refractivity contribution in [3.63, 3.8) is 0 Å². The van der Waals surface area contributed by atoms with E-state index in [1.165, 1.54) is 0 Å². The molecule has 0 aliphatic carbocycles. The van der Waals surface area contributed by atoms with Crippen LogP contribution < -0.4 is 0 Å². The summed E-state index contributed by atoms with van der Waals surface area (Å²) in [6.07, 6.45) is -70.9. The zero-order valence-electron chi connectivity index (χ0n) is 38.1. The van der Waals surface area contributed by atoms with Gasteiger partial charge in [-0.1, -0.05) is 0 Å². The highest BCUT2D eigenvalue weighted by molar-refractivity contribution is 5.76. The molecule has 0 radical (unpaired) electrons. The number of aliphatic hydroxyl groups is 12. The third-order valence-corrected chi connectivity index (χ3v) is 12.7. The Morgan fingerprint density at radius 2 is 0.413 bits per heavy atom. The van der Waals surface area contributed by atoms with Crippen LogP contribution in [-0.4, -0.2) is 326 Å². The largest absolute Gasteiger partial charge is 0.479 e. The van der Waals surface area contributed by atoms with Crippen molar-refractivity contribution in [3.8, 4) is 0 Å². The van der Waals surface area contributed by atoms with Crippen molar-refractivity contribution < 1.29 is 182 Å². The van der Waals surface area contributed by atoms with Gasteiger partial charge in [0.05, 0.1) is 0 Å². The van der Waals surface area contributed by atoms with Crippen molar-refractivity contribution in [3.05, 3.63) is 0 Å². The molecule has 6 fully saturated rings. The predicted molar refractivity (Wildman–Crippen MR) is 212 cm³/mol. The van der Waals surface area contributed by atoms with Crippen LogP contribution in [0.15, 0.2) is 0 Å². The first-order valence-electron chi connectivity index (χ1n) is 21.9. The fraction of sp³-hybridized carbons (Fsp3) is 0.842. The highest BCUT2D eigenvalue weighted by Gasteiger charge is 2.61. The second kappa shape index (κ2) is 24.2. The quantitative estimate of drug-likeness (QED) is 0.0606. The number of carboxylic acids is 6. The Balaban J connectivity index is 1.13. The Labute approximate surface area is 416 Å². The van der Waals surface area contributed by atoms with E-state index in [1.54, 1.807) is 0 Å². The molecule has 37 nitrogen and oxygen atoms in total. The lowest BCUT2D eigenvalue weighted by Gasteiger charge is -2.48. The molecule has 0 bridgehead atoms. The van der Waals surface area contributed by atoms with E-state index in [0.29, 0.717) is 0 Å². The van der Waals surface area contributed by atoms with Crippen molar-refractivity contribution >= 4 is 35.8 Å². The van der Waals surface area contributed by atoms with Crippen LogP contribution in [0, 0.1) is 0 Å². The average Bonchev–Trinajstić information content (AvgIpc) is 3.34. The van der Waals surface area contributed by atoms with Crippen LogP contribution in [0.25, 0.3) is 0 Å². The predicted octanol–water partition coefficient (Wildman–Crippen LogP) is -12.2. The minimum absolute atomic E-state index is 0.959. The van der Waals surface area contributed by atoms with Crippen LogP contribution in [0.1, 0.15) is 0 Å². The summed E-state index contributed by atoms with van der Waals surface area (Å²) in [5, 5.41) is 190. The Morgan fingerprint density at radius 1 is 0.253 bits per heavy atom. The standard InChI is InChI=1S/C38H54O37/c1-63-15-3(39)10(46)34(71-21(15)27(51)52)66-17-5(41)12(48)36(73-23(17)29(55)56)68-19-7(43)14(50)38(75-25(19)31(59)60)69-20-8(44)13(49)37(74-26(20)32(61)62)67-18-6(42)11(47)35(72-24(18)30(57)58)65-16-4(40)9(45)33(64-2)70-22(16)28(53)54/h3-26,33-50H,1-2H3,(H,51,52)(H,53,54)(H,55,56)(H,57,58)(H,59,60)(H,61,62)/t3?,4?,5?,6?,7-,8?,9?,10?,11?,12?,13?,14?,15?,16+,17+,18?,19+,20+,21?,22-,23?,24?,25?,26-,33-,34?,35?,36-,37-,38-/m1/s1. The van der Waals surface area contributed by atoms with Gasteiger partial charge < -0.3 is 153 Å². The van der Waals surface area contributed by atoms with Gasteiger partial charge in [0.2, 0.25) is 0 Å². The molecular weight excluding hydrogens is 1050 g/mol. The zero-order valence-corrected chi connectivity index (χ0v) is 38.1. The lowest BCUT2D eigenvalue weighted by atomic mass is 9.95. The second-order valence-corrected chi connectivity index (χ2v) is 17.4. The first-order chi connectivity index (χ1) is 35.1. The van der Waals surface area contributed by atoms with Gasteiger partial charge in [-0.05, 0) is 0 Å². The third-order valence-electron chi connectivity index (χ3n) is 12.7. The Kier molecular flexibility index (Phi) is 19.4. The molecule has 19 unspecified atom stereocenters. The first kappa shape index (κ1) is 60.1. The van der Waals surface area contributed by atoms with E-state index in [2.05, 4.69) is 0 Å². The molecule has 428 valence electrons. The number of methoxy groups -OCH3 is 2. The van der Waals surface area contributed by atoms with Crippen molar-refractivity contribution in [1.29, 1.82) is 0 Å². The number of rotatable bonds is 18. The lowest BCUT2D eigenvalue weighted by Crippen LogP contribution is -2.69. The SMILES string of the molecule is COC1C(C(=O)O)OC(O[C@@H]2C(C(=O)O)O[C@@H](O[C@@H]3C(C(=O)O)O[C@@H](O[C@H]4C(O)C(O)[C@H](OC5C(C(=O)O)OC(O[C@H]6C(O)C(O)[C@H](OC)O[C@H]6C(=O)O)C(O)C5O)O[C@H]4C(=O)O)C(O)[C@H]3O)C(O)C2O)C(O)C1O. The summed E-state index contributed by atoms with van der Waals surface area (Å²) in [6.45, 7) is 0. The zero-order chi connectivity index (χ0) is 56.0. The smallest absolute Gasteiger partial charge is 0.335 e. The molecule has 6 heterocycles. The number of hydrogen-bond donors (Lipinski definition) is 18. The van der Waals surface area contributed by atoms with Gasteiger partial charge in [-0.15, -0.1) is 0 Å². The van der Waals surface area contributed by atoms with Crippen LogP contribution in [0.4, 0.5) is 0 Å². The van der Waals surface area contributed by atoms with Crippen LogP contribution >= 0.6 is 0 Å². The van der Waals surface area contributed by atoms with Crippen molar-refractivity contribution in [1.82, 2.24) is 0 Å². The molecule has 75 heavy (non-hydrogen) atoms. The van der Waals surface area contributed by atoms with Gasteiger partial charge in [-0.25, -0.2) is 28.8 Å². The molecule has 6 aliphatic heterocycles. The topological polar surface area (TPSA) is 587 Å². The minimum Gasteiger partial charge on any atom is -0.479 e. The molecule has 6 aliphatic rings. The summed E-state index contributed by atoms with van der Waals surface area (Å²) in [6, 6.07) is 0. The van der Waals surface area contributed by atoms with E-state index in [1.807, 2.05) is 0 Å².